The molecule has 0 saturated carbocycles. The largest absolute Gasteiger partial charge is 0.352 e. The summed E-state index contributed by atoms with van der Waals surface area (Å²) < 4.78 is 1.90. The lowest BCUT2D eigenvalue weighted by Gasteiger charge is -2.15. The zero-order valence-corrected chi connectivity index (χ0v) is 10.9. The van der Waals surface area contributed by atoms with Crippen molar-refractivity contribution in [2.45, 2.75) is 52.2 Å². The van der Waals surface area contributed by atoms with Gasteiger partial charge in [0.2, 0.25) is 5.91 Å². The van der Waals surface area contributed by atoms with Crippen LogP contribution in [0.25, 0.3) is 0 Å². The summed E-state index contributed by atoms with van der Waals surface area (Å²) >= 11 is 0. The number of rotatable bonds is 6. The second kappa shape index (κ2) is 6.45. The Balaban J connectivity index is 2.53. The van der Waals surface area contributed by atoms with Crippen molar-refractivity contribution in [2.75, 3.05) is 0 Å². The van der Waals surface area contributed by atoms with Crippen LogP contribution in [-0.4, -0.2) is 16.5 Å². The van der Waals surface area contributed by atoms with Gasteiger partial charge in [0.05, 0.1) is 0 Å². The van der Waals surface area contributed by atoms with E-state index in [9.17, 15) is 4.79 Å². The fourth-order valence-corrected chi connectivity index (χ4v) is 1.97. The van der Waals surface area contributed by atoms with Gasteiger partial charge in [-0.1, -0.05) is 13.3 Å². The number of nitrogens with two attached hydrogens (primary N) is 1. The first kappa shape index (κ1) is 13.8. The average Bonchev–Trinajstić information content (AvgIpc) is 2.65. The van der Waals surface area contributed by atoms with E-state index in [1.54, 1.807) is 0 Å². The third kappa shape index (κ3) is 4.23. The molecule has 1 heterocycles. The maximum Gasteiger partial charge on any atom is 0.240 e. The SMILES string of the molecule is CCCC(C)NC(=O)Cn1cccc1C(C)N. The molecule has 17 heavy (non-hydrogen) atoms. The Kier molecular flexibility index (Phi) is 5.22. The van der Waals surface area contributed by atoms with E-state index in [0.717, 1.165) is 18.5 Å². The van der Waals surface area contributed by atoms with E-state index >= 15 is 0 Å². The summed E-state index contributed by atoms with van der Waals surface area (Å²) in [7, 11) is 0. The maximum absolute atomic E-state index is 11.8. The van der Waals surface area contributed by atoms with Crippen LogP contribution in [0.4, 0.5) is 0 Å². The van der Waals surface area contributed by atoms with Crippen LogP contribution in [0.5, 0.6) is 0 Å². The van der Waals surface area contributed by atoms with Crippen LogP contribution in [0.2, 0.25) is 0 Å². The van der Waals surface area contributed by atoms with E-state index in [0.29, 0.717) is 6.54 Å². The van der Waals surface area contributed by atoms with Gasteiger partial charge in [-0.25, -0.2) is 0 Å². The number of nitrogens with one attached hydrogen (secondary N) is 1. The maximum atomic E-state index is 11.8. The number of carbonyl (C=O) groups excluding carboxylic acids is 1. The van der Waals surface area contributed by atoms with E-state index < -0.39 is 0 Å². The highest BCUT2D eigenvalue weighted by Crippen LogP contribution is 2.10. The van der Waals surface area contributed by atoms with Gasteiger partial charge in [0.1, 0.15) is 6.54 Å². The molecular weight excluding hydrogens is 214 g/mol. The molecule has 0 aromatic carbocycles. The van der Waals surface area contributed by atoms with E-state index in [1.165, 1.54) is 0 Å². The van der Waals surface area contributed by atoms with Gasteiger partial charge >= 0.3 is 0 Å². The van der Waals surface area contributed by atoms with Gasteiger partial charge in [-0.15, -0.1) is 0 Å². The lowest BCUT2D eigenvalue weighted by molar-refractivity contribution is -0.122. The van der Waals surface area contributed by atoms with Crippen LogP contribution in [0.1, 0.15) is 45.3 Å². The predicted molar refractivity (Wildman–Crippen MR) is 69.5 cm³/mol. The van der Waals surface area contributed by atoms with Crippen molar-refractivity contribution in [1.29, 1.82) is 0 Å². The molecule has 0 aliphatic rings. The summed E-state index contributed by atoms with van der Waals surface area (Å²) in [4.78, 5) is 11.8. The Hall–Kier alpha value is -1.29. The van der Waals surface area contributed by atoms with Gasteiger partial charge in [0, 0.05) is 24.0 Å². The highest BCUT2D eigenvalue weighted by atomic mass is 16.2. The molecule has 4 heteroatoms. The van der Waals surface area contributed by atoms with E-state index in [4.69, 9.17) is 5.73 Å². The molecule has 2 atom stereocenters. The number of aromatic nitrogens is 1. The second-order valence-corrected chi connectivity index (χ2v) is 4.61. The van der Waals surface area contributed by atoms with Crippen LogP contribution in [0, 0.1) is 0 Å². The molecule has 1 aromatic rings. The summed E-state index contributed by atoms with van der Waals surface area (Å²) in [5, 5.41) is 2.98. The van der Waals surface area contributed by atoms with Gasteiger partial charge < -0.3 is 15.6 Å². The Morgan fingerprint density at radius 2 is 2.24 bits per heavy atom. The molecule has 3 N–H and O–H groups in total. The summed E-state index contributed by atoms with van der Waals surface area (Å²) in [6.45, 7) is 6.41. The zero-order valence-electron chi connectivity index (χ0n) is 10.9. The zero-order chi connectivity index (χ0) is 12.8. The normalized spacial score (nSPS) is 14.4. The van der Waals surface area contributed by atoms with Crippen molar-refractivity contribution < 1.29 is 4.79 Å². The van der Waals surface area contributed by atoms with E-state index in [-0.39, 0.29) is 18.0 Å². The molecule has 0 bridgehead atoms. The Labute approximate surface area is 103 Å². The smallest absolute Gasteiger partial charge is 0.240 e. The Bertz CT molecular complexity index is 357. The highest BCUT2D eigenvalue weighted by molar-refractivity contribution is 5.76. The summed E-state index contributed by atoms with van der Waals surface area (Å²) in [5.41, 5.74) is 6.82. The molecule has 0 radical (unpaired) electrons. The summed E-state index contributed by atoms with van der Waals surface area (Å²) in [5.74, 6) is 0.0454. The van der Waals surface area contributed by atoms with Crippen LogP contribution in [0.15, 0.2) is 18.3 Å². The molecule has 0 aliphatic carbocycles. The molecule has 96 valence electrons. The molecule has 1 rings (SSSR count). The van der Waals surface area contributed by atoms with Crippen molar-refractivity contribution in [3.63, 3.8) is 0 Å². The number of carbonyl (C=O) groups is 1. The van der Waals surface area contributed by atoms with Crippen LogP contribution in [-0.2, 0) is 11.3 Å². The quantitative estimate of drug-likeness (QED) is 0.792. The molecule has 0 aliphatic heterocycles. The van der Waals surface area contributed by atoms with Gasteiger partial charge in [0.15, 0.2) is 0 Å². The third-order valence-corrected chi connectivity index (χ3v) is 2.77. The molecular formula is C13H23N3O. The number of nitrogens with zero attached hydrogens (tertiary/aromatic N) is 1. The average molecular weight is 237 g/mol. The Morgan fingerprint density at radius 1 is 1.53 bits per heavy atom. The van der Waals surface area contributed by atoms with Crippen molar-refractivity contribution >= 4 is 5.91 Å². The van der Waals surface area contributed by atoms with Crippen LogP contribution >= 0.6 is 0 Å². The molecule has 4 nitrogen and oxygen atoms in total. The molecule has 1 aromatic heterocycles. The van der Waals surface area contributed by atoms with E-state index in [1.807, 2.05) is 36.7 Å². The first-order valence-corrected chi connectivity index (χ1v) is 6.24. The third-order valence-electron chi connectivity index (χ3n) is 2.77. The van der Waals surface area contributed by atoms with Gasteiger partial charge in [-0.3, -0.25) is 4.79 Å². The van der Waals surface area contributed by atoms with Crippen molar-refractivity contribution in [1.82, 2.24) is 9.88 Å². The molecule has 1 amide bonds. The number of hydrogen-bond donors (Lipinski definition) is 2. The minimum Gasteiger partial charge on any atom is -0.352 e. The van der Waals surface area contributed by atoms with Crippen LogP contribution < -0.4 is 11.1 Å². The molecule has 0 spiro atoms. The summed E-state index contributed by atoms with van der Waals surface area (Å²) in [6, 6.07) is 4.06. The fourth-order valence-electron chi connectivity index (χ4n) is 1.97. The lowest BCUT2D eigenvalue weighted by Crippen LogP contribution is -2.35. The second-order valence-electron chi connectivity index (χ2n) is 4.61. The molecule has 0 fully saturated rings. The van der Waals surface area contributed by atoms with Crippen molar-refractivity contribution in [3.05, 3.63) is 24.0 Å². The lowest BCUT2D eigenvalue weighted by atomic mass is 10.2. The van der Waals surface area contributed by atoms with Crippen molar-refractivity contribution in [2.24, 2.45) is 5.73 Å². The monoisotopic (exact) mass is 237 g/mol. The standard InChI is InChI=1S/C13H23N3O/c1-4-6-10(2)15-13(17)9-16-8-5-7-12(16)11(3)14/h5,7-8,10-11H,4,6,9,14H2,1-3H3,(H,15,17). The number of amides is 1. The fraction of sp³-hybridized carbons (Fsp3) is 0.615. The van der Waals surface area contributed by atoms with Crippen molar-refractivity contribution in [3.8, 4) is 0 Å². The minimum absolute atomic E-state index is 0.0454. The van der Waals surface area contributed by atoms with Gasteiger partial charge in [-0.2, -0.15) is 0 Å². The minimum atomic E-state index is -0.0501. The van der Waals surface area contributed by atoms with Crippen LogP contribution in [0.3, 0.4) is 0 Å². The summed E-state index contributed by atoms with van der Waals surface area (Å²) in [6.07, 6.45) is 3.98. The topological polar surface area (TPSA) is 60.0 Å². The van der Waals surface area contributed by atoms with E-state index in [2.05, 4.69) is 12.2 Å². The Morgan fingerprint density at radius 3 is 2.82 bits per heavy atom. The first-order chi connectivity index (χ1) is 8.04. The highest BCUT2D eigenvalue weighted by Gasteiger charge is 2.10. The molecule has 0 saturated heterocycles. The number of hydrogen-bond acceptors (Lipinski definition) is 2. The van der Waals surface area contributed by atoms with Gasteiger partial charge in [-0.05, 0) is 32.4 Å². The first-order valence-electron chi connectivity index (χ1n) is 6.24. The molecule has 2 unspecified atom stereocenters. The predicted octanol–water partition coefficient (Wildman–Crippen LogP) is 1.81. The van der Waals surface area contributed by atoms with Gasteiger partial charge in [0.25, 0.3) is 0 Å².